The zero-order chi connectivity index (χ0) is 44.7. The third-order valence-corrected chi connectivity index (χ3v) is 11.6. The number of carbonyl (C=O) groups is 6. The first-order chi connectivity index (χ1) is 27.7. The van der Waals surface area contributed by atoms with Crippen LogP contribution in [0.2, 0.25) is 0 Å². The van der Waals surface area contributed by atoms with Crippen molar-refractivity contribution in [1.29, 1.82) is 0 Å². The van der Waals surface area contributed by atoms with Gasteiger partial charge in [0, 0.05) is 48.3 Å². The Hall–Kier alpha value is -4.19. The maximum absolute atomic E-state index is 14.4. The predicted octanol–water partition coefficient (Wildman–Crippen LogP) is 3.09. The monoisotopic (exact) mass is 837 g/mol. The van der Waals surface area contributed by atoms with Gasteiger partial charge in [-0.1, -0.05) is 90.3 Å². The van der Waals surface area contributed by atoms with E-state index in [9.17, 15) is 38.4 Å². The Kier molecular flexibility index (Phi) is 20.9. The van der Waals surface area contributed by atoms with Crippen molar-refractivity contribution in [1.82, 2.24) is 30.4 Å². The molecule has 17 heteroatoms. The second kappa shape index (κ2) is 24.2. The highest BCUT2D eigenvalue weighted by Crippen LogP contribution is 2.30. The van der Waals surface area contributed by atoms with Crippen LogP contribution in [0.1, 0.15) is 79.7 Å². The maximum Gasteiger partial charge on any atom is 0.326 e. The quantitative estimate of drug-likeness (QED) is 0.130. The van der Waals surface area contributed by atoms with Gasteiger partial charge in [0.25, 0.3) is 0 Å². The van der Waals surface area contributed by atoms with Crippen molar-refractivity contribution in [2.75, 3.05) is 48.5 Å². The Morgan fingerprint density at radius 3 is 2.03 bits per heavy atom. The third-order valence-electron chi connectivity index (χ3n) is 11.6. The fourth-order valence-corrected chi connectivity index (χ4v) is 8.04. The van der Waals surface area contributed by atoms with E-state index < -0.39 is 84.5 Å². The summed E-state index contributed by atoms with van der Waals surface area (Å²) in [6.07, 6.45) is 0.385. The molecule has 2 rings (SSSR count). The number of carbonyl (C=O) groups excluding carboxylic acids is 5. The van der Waals surface area contributed by atoms with Crippen molar-refractivity contribution >= 4 is 35.5 Å². The summed E-state index contributed by atoms with van der Waals surface area (Å²) < 4.78 is 24.5. The molecule has 0 aliphatic carbocycles. The zero-order valence-corrected chi connectivity index (χ0v) is 37.0. The number of nitrogens with zero attached hydrogens (tertiary/aromatic N) is 4. The number of halogens is 1. The first-order valence-corrected chi connectivity index (χ1v) is 20.5. The minimum absolute atomic E-state index is 0.0904. The van der Waals surface area contributed by atoms with Crippen LogP contribution in [0.15, 0.2) is 30.3 Å². The molecule has 1 aromatic rings. The van der Waals surface area contributed by atoms with Crippen LogP contribution in [0.5, 0.6) is 0 Å². The molecule has 1 aromatic carbocycles. The molecule has 1 fully saturated rings. The van der Waals surface area contributed by atoms with Crippen molar-refractivity contribution in [3.63, 3.8) is 0 Å². The summed E-state index contributed by atoms with van der Waals surface area (Å²) in [6, 6.07) is 4.80. The lowest BCUT2D eigenvalue weighted by Crippen LogP contribution is -2.60. The molecule has 0 radical (unpaired) electrons. The standard InChI is InChI=1S/C42H69FN6O10/c1-13-27(6)37(48(10)41(54)35(25(2)3)45-40(53)36(26(4)5)47(9)34(51)24-46(8)59-43)32(57-11)23-33(50)49-21-17-20-31(49)38(58-12)28(7)39(52)44-30(42(55)56)22-29-18-15-14-16-19-29/h14-16,18-19,25-28,30-32,35-38H,13,17,20-24H2,1-12H3,(H,44,52)(H,45,53)(H,55,56)/t27-,28+,30-,31-,32+,35-,36?,37-,38+/m0/s1. The molecule has 0 bridgehead atoms. The Morgan fingerprint density at radius 1 is 0.898 bits per heavy atom. The molecular weight excluding hydrogens is 767 g/mol. The van der Waals surface area contributed by atoms with Crippen molar-refractivity contribution in [3.8, 4) is 0 Å². The number of likely N-dealkylation sites (N-methyl/N-ethyl adjacent to an activating group) is 3. The van der Waals surface area contributed by atoms with Crippen molar-refractivity contribution in [3.05, 3.63) is 35.9 Å². The van der Waals surface area contributed by atoms with Crippen LogP contribution in [0.3, 0.4) is 0 Å². The fourth-order valence-electron chi connectivity index (χ4n) is 8.04. The van der Waals surface area contributed by atoms with Gasteiger partial charge in [0.15, 0.2) is 0 Å². The molecule has 0 aromatic heterocycles. The van der Waals surface area contributed by atoms with Gasteiger partial charge in [0.2, 0.25) is 29.5 Å². The van der Waals surface area contributed by atoms with Crippen LogP contribution >= 0.6 is 0 Å². The molecule has 1 heterocycles. The maximum atomic E-state index is 14.4. The molecule has 1 saturated heterocycles. The molecule has 334 valence electrons. The first-order valence-electron chi connectivity index (χ1n) is 20.5. The van der Waals surface area contributed by atoms with Crippen molar-refractivity contribution in [2.24, 2.45) is 23.7 Å². The SMILES string of the molecule is CC[C@H](C)[C@@H]([C@@H](CC(=O)N1CCC[C@H]1[C@H](OC)[C@@H](C)C(=O)N[C@@H](Cc1ccccc1)C(=O)O)OC)N(C)C(=O)[C@@H](NC(=O)C(C(C)C)N(C)C(=O)CN(C)OF)C(C)C. The average Bonchev–Trinajstić information content (AvgIpc) is 3.68. The Balaban J connectivity index is 2.30. The van der Waals surface area contributed by atoms with E-state index in [1.54, 1.807) is 70.8 Å². The van der Waals surface area contributed by atoms with Gasteiger partial charge >= 0.3 is 5.97 Å². The molecule has 3 N–H and O–H groups in total. The number of carboxylic acids is 1. The topological polar surface area (TPSA) is 187 Å². The van der Waals surface area contributed by atoms with E-state index in [1.807, 2.05) is 19.9 Å². The number of likely N-dealkylation sites (tertiary alicyclic amines) is 1. The highest BCUT2D eigenvalue weighted by molar-refractivity contribution is 5.93. The fraction of sp³-hybridized carbons (Fsp3) is 0.714. The van der Waals surface area contributed by atoms with E-state index in [4.69, 9.17) is 9.47 Å². The van der Waals surface area contributed by atoms with Gasteiger partial charge in [-0.3, -0.25) is 24.0 Å². The number of methoxy groups -OCH3 is 2. The molecule has 1 aliphatic rings. The van der Waals surface area contributed by atoms with E-state index in [-0.39, 0.29) is 36.5 Å². The van der Waals surface area contributed by atoms with Gasteiger partial charge in [-0.2, -0.15) is 0 Å². The molecule has 0 spiro atoms. The number of carboxylic acid groups (broad SMARTS) is 1. The van der Waals surface area contributed by atoms with Crippen LogP contribution in [0.4, 0.5) is 4.53 Å². The molecule has 1 aliphatic heterocycles. The molecule has 1 unspecified atom stereocenters. The molecule has 16 nitrogen and oxygen atoms in total. The summed E-state index contributed by atoms with van der Waals surface area (Å²) in [5, 5.41) is 19.7. The van der Waals surface area contributed by atoms with Crippen LogP contribution in [-0.2, 0) is 49.7 Å². The molecule has 9 atom stereocenters. The van der Waals surface area contributed by atoms with Gasteiger partial charge in [0.05, 0.1) is 36.6 Å². The molecular formula is C42H69FN6O10. The third kappa shape index (κ3) is 13.9. The number of nitrogens with one attached hydrogen (secondary N) is 2. The van der Waals surface area contributed by atoms with Crippen LogP contribution in [-0.4, -0.2) is 151 Å². The number of benzene rings is 1. The summed E-state index contributed by atoms with van der Waals surface area (Å²) in [4.78, 5) is 85.4. The van der Waals surface area contributed by atoms with Crippen LogP contribution < -0.4 is 10.6 Å². The van der Waals surface area contributed by atoms with E-state index >= 15 is 0 Å². The minimum atomic E-state index is -1.16. The molecule has 5 amide bonds. The number of amides is 5. The van der Waals surface area contributed by atoms with Gasteiger partial charge in [-0.05, 0) is 40.7 Å². The lowest BCUT2D eigenvalue weighted by atomic mass is 9.89. The number of ether oxygens (including phenoxy) is 2. The number of rotatable bonds is 24. The second-order valence-corrected chi connectivity index (χ2v) is 16.5. The highest BCUT2D eigenvalue weighted by atomic mass is 19.3. The first kappa shape index (κ1) is 51.0. The number of hydrogen-bond acceptors (Lipinski definition) is 10. The van der Waals surface area contributed by atoms with E-state index in [2.05, 4.69) is 15.7 Å². The largest absolute Gasteiger partial charge is 0.480 e. The lowest BCUT2D eigenvalue weighted by molar-refractivity contribution is -0.308. The van der Waals surface area contributed by atoms with Crippen LogP contribution in [0.25, 0.3) is 0 Å². The minimum Gasteiger partial charge on any atom is -0.480 e. The lowest BCUT2D eigenvalue weighted by Gasteiger charge is -2.41. The van der Waals surface area contributed by atoms with Gasteiger partial charge in [-0.15, -0.1) is 5.06 Å². The highest BCUT2D eigenvalue weighted by Gasteiger charge is 2.44. The number of hydrogen-bond donors (Lipinski definition) is 3. The summed E-state index contributed by atoms with van der Waals surface area (Å²) in [6.45, 7) is 12.7. The van der Waals surface area contributed by atoms with E-state index in [0.29, 0.717) is 30.9 Å². The van der Waals surface area contributed by atoms with Crippen molar-refractivity contribution in [2.45, 2.75) is 123 Å². The van der Waals surface area contributed by atoms with Crippen LogP contribution in [0, 0.1) is 23.7 Å². The van der Waals surface area contributed by atoms with Gasteiger partial charge in [-0.25, -0.2) is 4.79 Å². The molecule has 59 heavy (non-hydrogen) atoms. The molecule has 0 saturated carbocycles. The Labute approximate surface area is 349 Å². The van der Waals surface area contributed by atoms with Gasteiger partial charge in [0.1, 0.15) is 24.7 Å². The average molecular weight is 837 g/mol. The van der Waals surface area contributed by atoms with E-state index in [0.717, 1.165) is 5.56 Å². The van der Waals surface area contributed by atoms with E-state index in [1.165, 1.54) is 38.1 Å². The zero-order valence-electron chi connectivity index (χ0n) is 37.0. The van der Waals surface area contributed by atoms with Gasteiger partial charge < -0.3 is 39.9 Å². The number of hydroxylamine groups is 2. The summed E-state index contributed by atoms with van der Waals surface area (Å²) in [5.74, 6) is -5.10. The normalized spacial score (nSPS) is 18.4. The smallest absolute Gasteiger partial charge is 0.326 e. The summed E-state index contributed by atoms with van der Waals surface area (Å²) >= 11 is 0. The van der Waals surface area contributed by atoms with Crippen molar-refractivity contribution < 1.29 is 52.9 Å². The Morgan fingerprint density at radius 2 is 1.53 bits per heavy atom. The predicted molar refractivity (Wildman–Crippen MR) is 219 cm³/mol. The summed E-state index contributed by atoms with van der Waals surface area (Å²) in [7, 11) is 7.26. The number of aliphatic carboxylic acids is 1. The summed E-state index contributed by atoms with van der Waals surface area (Å²) in [5.41, 5.74) is 0.761. The second-order valence-electron chi connectivity index (χ2n) is 16.5. The Bertz CT molecular complexity index is 1540.